The molecule has 6 nitrogen and oxygen atoms in total. The van der Waals surface area contributed by atoms with Crippen LogP contribution in [-0.2, 0) is 49.3 Å². The quantitative estimate of drug-likeness (QED) is 0.331. The van der Waals surface area contributed by atoms with Gasteiger partial charge in [-0.3, -0.25) is 0 Å². The molecule has 0 aromatic rings. The van der Waals surface area contributed by atoms with E-state index in [2.05, 4.69) is 0 Å². The second-order valence-corrected chi connectivity index (χ2v) is 8.43. The van der Waals surface area contributed by atoms with Crippen LogP contribution < -0.4 is 0 Å². The van der Waals surface area contributed by atoms with Crippen molar-refractivity contribution in [1.82, 2.24) is 0 Å². The monoisotopic (exact) mass is 398 g/mol. The first-order valence-corrected chi connectivity index (χ1v) is 11.9. The molecule has 0 amide bonds. The predicted octanol–water partition coefficient (Wildman–Crippen LogP) is 2.68. The van der Waals surface area contributed by atoms with E-state index < -0.39 is 29.0 Å². The van der Waals surface area contributed by atoms with E-state index in [0.29, 0.717) is 19.8 Å². The van der Waals surface area contributed by atoms with Gasteiger partial charge >= 0.3 is 149 Å². The van der Waals surface area contributed by atoms with Gasteiger partial charge in [0.05, 0.1) is 0 Å². The third kappa shape index (κ3) is 17.2. The van der Waals surface area contributed by atoms with Crippen molar-refractivity contribution < 1.29 is 49.3 Å². The predicted molar refractivity (Wildman–Crippen MR) is 81.2 cm³/mol. The van der Waals surface area contributed by atoms with Gasteiger partial charge in [0.25, 0.3) is 0 Å². The third-order valence-electron chi connectivity index (χ3n) is 2.67. The van der Waals surface area contributed by atoms with E-state index in [1.807, 2.05) is 20.8 Å². The van der Waals surface area contributed by atoms with Crippen molar-refractivity contribution >= 4 is 0 Å². The van der Waals surface area contributed by atoms with E-state index in [1.54, 1.807) is 0 Å². The van der Waals surface area contributed by atoms with Crippen LogP contribution in [0.3, 0.4) is 0 Å². The van der Waals surface area contributed by atoms with Crippen molar-refractivity contribution in [3.8, 4) is 0 Å². The summed E-state index contributed by atoms with van der Waals surface area (Å²) in [6, 6.07) is 0. The van der Waals surface area contributed by atoms with Crippen molar-refractivity contribution in [3.63, 3.8) is 0 Å². The molecule has 0 bridgehead atoms. The minimum atomic E-state index is -2.79. The Morgan fingerprint density at radius 1 is 0.500 bits per heavy atom. The molecule has 0 aromatic carbocycles. The van der Waals surface area contributed by atoms with Crippen LogP contribution in [0, 0.1) is 0 Å². The Morgan fingerprint density at radius 2 is 0.818 bits per heavy atom. The number of ether oxygens (including phenoxy) is 3. The molecule has 7 heteroatoms. The molecule has 0 heterocycles. The zero-order valence-corrected chi connectivity index (χ0v) is 17.4. The Morgan fingerprint density at radius 3 is 1.09 bits per heavy atom. The standard InChI is InChI=1S/3C5H11O2.Y/c3*1-2-7-5-3-4-6;/h3*2-5H2,1H3;/q3*-1;+3. The molecule has 0 atom stereocenters. The molecule has 0 radical (unpaired) electrons. The fourth-order valence-corrected chi connectivity index (χ4v) is 4.96. The summed E-state index contributed by atoms with van der Waals surface area (Å²) in [6.07, 6.45) is 2.64. The molecule has 0 rings (SSSR count). The first kappa shape index (κ1) is 22.9. The van der Waals surface area contributed by atoms with Gasteiger partial charge in [-0.2, -0.15) is 0 Å². The molecule has 0 unspecified atom stereocenters. The number of rotatable bonds is 18. The average Bonchev–Trinajstić information content (AvgIpc) is 2.53. The summed E-state index contributed by atoms with van der Waals surface area (Å²) in [5.41, 5.74) is 0. The molecule has 0 saturated carbocycles. The van der Waals surface area contributed by atoms with Crippen LogP contribution in [0.25, 0.3) is 0 Å². The fraction of sp³-hybridized carbons (Fsp3) is 1.00. The maximum atomic E-state index is 5.81. The molecule has 0 fully saturated rings. The van der Waals surface area contributed by atoms with Crippen LogP contribution in [0.5, 0.6) is 0 Å². The first-order chi connectivity index (χ1) is 10.8. The Bertz CT molecular complexity index is 175. The number of hydrogen-bond acceptors (Lipinski definition) is 6. The van der Waals surface area contributed by atoms with E-state index in [0.717, 1.165) is 58.9 Å². The molecular weight excluding hydrogens is 365 g/mol. The van der Waals surface area contributed by atoms with E-state index >= 15 is 0 Å². The van der Waals surface area contributed by atoms with Gasteiger partial charge in [0, 0.05) is 0 Å². The summed E-state index contributed by atoms with van der Waals surface area (Å²) in [5, 5.41) is 0. The van der Waals surface area contributed by atoms with Crippen molar-refractivity contribution in [2.75, 3.05) is 59.5 Å². The van der Waals surface area contributed by atoms with E-state index in [9.17, 15) is 0 Å². The number of hydrogen-bond donors (Lipinski definition) is 0. The summed E-state index contributed by atoms with van der Waals surface area (Å²) in [5.74, 6) is 0. The summed E-state index contributed by atoms with van der Waals surface area (Å²) in [7, 11) is 0. The molecule has 0 N–H and O–H groups in total. The van der Waals surface area contributed by atoms with Crippen LogP contribution in [0.2, 0.25) is 0 Å². The first-order valence-electron chi connectivity index (χ1n) is 8.43. The molecular formula is C15H33O6Y. The average molecular weight is 398 g/mol. The molecule has 132 valence electrons. The second kappa shape index (κ2) is 19.9. The van der Waals surface area contributed by atoms with Gasteiger partial charge in [-0.15, -0.1) is 0 Å². The van der Waals surface area contributed by atoms with Gasteiger partial charge in [-0.1, -0.05) is 0 Å². The van der Waals surface area contributed by atoms with Gasteiger partial charge in [-0.05, 0) is 0 Å². The molecule has 0 saturated heterocycles. The molecule has 0 aliphatic carbocycles. The fourth-order valence-electron chi connectivity index (χ4n) is 1.60. The zero-order valence-electron chi connectivity index (χ0n) is 14.5. The Kier molecular flexibility index (Phi) is 20.7. The van der Waals surface area contributed by atoms with Gasteiger partial charge in [0.1, 0.15) is 0 Å². The van der Waals surface area contributed by atoms with Crippen LogP contribution in [0.15, 0.2) is 0 Å². The summed E-state index contributed by atoms with van der Waals surface area (Å²) in [6.45, 7) is 12.3. The van der Waals surface area contributed by atoms with Gasteiger partial charge in [-0.25, -0.2) is 0 Å². The minimum absolute atomic E-state index is 0.650. The van der Waals surface area contributed by atoms with Crippen LogP contribution in [-0.4, -0.2) is 59.5 Å². The molecule has 22 heavy (non-hydrogen) atoms. The van der Waals surface area contributed by atoms with Gasteiger partial charge in [0.2, 0.25) is 0 Å². The summed E-state index contributed by atoms with van der Waals surface area (Å²) in [4.78, 5) is 0. The summed E-state index contributed by atoms with van der Waals surface area (Å²) >= 11 is -2.79. The van der Waals surface area contributed by atoms with Crippen molar-refractivity contribution in [3.05, 3.63) is 0 Å². The van der Waals surface area contributed by atoms with E-state index in [4.69, 9.17) is 20.4 Å². The van der Waals surface area contributed by atoms with Gasteiger partial charge < -0.3 is 0 Å². The molecule has 0 spiro atoms. The van der Waals surface area contributed by atoms with Crippen LogP contribution >= 0.6 is 0 Å². The molecule has 0 aromatic heterocycles. The Balaban J connectivity index is 3.72. The van der Waals surface area contributed by atoms with Gasteiger partial charge in [0.15, 0.2) is 0 Å². The molecule has 0 aliphatic rings. The van der Waals surface area contributed by atoms with Crippen LogP contribution in [0.1, 0.15) is 40.0 Å². The zero-order chi connectivity index (χ0) is 16.3. The maximum absolute atomic E-state index is 5.81. The normalized spacial score (nSPS) is 11.0. The Hall–Kier alpha value is 0.864. The van der Waals surface area contributed by atoms with Crippen LogP contribution in [0.4, 0.5) is 0 Å². The molecule has 0 aliphatic heterocycles. The van der Waals surface area contributed by atoms with Crippen molar-refractivity contribution in [1.29, 1.82) is 0 Å². The van der Waals surface area contributed by atoms with Crippen molar-refractivity contribution in [2.45, 2.75) is 40.0 Å². The third-order valence-corrected chi connectivity index (χ3v) is 6.42. The Labute approximate surface area is 148 Å². The van der Waals surface area contributed by atoms with Crippen molar-refractivity contribution in [2.24, 2.45) is 0 Å². The van der Waals surface area contributed by atoms with E-state index in [1.165, 1.54) is 0 Å². The topological polar surface area (TPSA) is 55.4 Å². The second-order valence-electron chi connectivity index (χ2n) is 4.55. The summed E-state index contributed by atoms with van der Waals surface area (Å²) < 4.78 is 33.3. The SMILES string of the molecule is CCOCCC[O][Y]([O]CCCOCC)[O]CCCOCC. The van der Waals surface area contributed by atoms with E-state index in [-0.39, 0.29) is 0 Å².